The lowest BCUT2D eigenvalue weighted by molar-refractivity contribution is -0.383. The summed E-state index contributed by atoms with van der Waals surface area (Å²) in [4.78, 5) is 10.6. The van der Waals surface area contributed by atoms with Crippen molar-refractivity contribution in [2.75, 3.05) is 18.4 Å². The molecule has 2 aromatic rings. The zero-order valence-corrected chi connectivity index (χ0v) is 14.4. The van der Waals surface area contributed by atoms with E-state index in [2.05, 4.69) is 10.0 Å². The van der Waals surface area contributed by atoms with Crippen LogP contribution >= 0.6 is 11.6 Å². The van der Waals surface area contributed by atoms with Crippen molar-refractivity contribution < 1.29 is 13.3 Å². The third-order valence-electron chi connectivity index (χ3n) is 3.22. The molecule has 0 aromatic heterocycles. The van der Waals surface area contributed by atoms with Crippen LogP contribution in [-0.4, -0.2) is 26.4 Å². The van der Waals surface area contributed by atoms with Gasteiger partial charge >= 0.3 is 0 Å². The molecule has 0 fully saturated rings. The zero-order chi connectivity index (χ0) is 17.7. The molecule has 0 aliphatic heterocycles. The minimum absolute atomic E-state index is 0.0794. The molecule has 24 heavy (non-hydrogen) atoms. The second-order valence-electron chi connectivity index (χ2n) is 5.06. The monoisotopic (exact) mass is 369 g/mol. The molecule has 0 atom stereocenters. The van der Waals surface area contributed by atoms with E-state index in [4.69, 9.17) is 11.6 Å². The molecule has 0 aliphatic carbocycles. The Bertz CT molecular complexity index is 838. The molecule has 7 nitrogen and oxygen atoms in total. The van der Waals surface area contributed by atoms with Crippen molar-refractivity contribution in [3.63, 3.8) is 0 Å². The van der Waals surface area contributed by atoms with Gasteiger partial charge in [-0.05, 0) is 31.2 Å². The fourth-order valence-corrected chi connectivity index (χ4v) is 3.19. The molecule has 0 unspecified atom stereocenters. The number of benzene rings is 2. The minimum Gasteiger partial charge on any atom is -0.378 e. The van der Waals surface area contributed by atoms with Gasteiger partial charge in [0, 0.05) is 24.2 Å². The summed E-state index contributed by atoms with van der Waals surface area (Å²) >= 11 is 5.74. The first kappa shape index (κ1) is 18.2. The number of nitrogens with one attached hydrogen (secondary N) is 2. The average molecular weight is 370 g/mol. The zero-order valence-electron chi connectivity index (χ0n) is 12.8. The lowest BCUT2D eigenvalue weighted by Crippen LogP contribution is -2.29. The summed E-state index contributed by atoms with van der Waals surface area (Å²) < 4.78 is 26.7. The molecule has 0 heterocycles. The van der Waals surface area contributed by atoms with Crippen LogP contribution < -0.4 is 10.0 Å². The number of halogens is 1. The minimum atomic E-state index is -3.61. The van der Waals surface area contributed by atoms with Crippen LogP contribution in [0.2, 0.25) is 5.02 Å². The predicted molar refractivity (Wildman–Crippen MR) is 93.0 cm³/mol. The number of nitro groups is 1. The molecule has 128 valence electrons. The fraction of sp³-hybridized carbons (Fsp3) is 0.200. The Labute approximate surface area is 144 Å². The molecule has 0 saturated heterocycles. The van der Waals surface area contributed by atoms with Gasteiger partial charge in [0.2, 0.25) is 10.0 Å². The summed E-state index contributed by atoms with van der Waals surface area (Å²) in [5.41, 5.74) is 1.08. The first-order chi connectivity index (χ1) is 11.3. The van der Waals surface area contributed by atoms with Crippen molar-refractivity contribution in [1.29, 1.82) is 0 Å². The molecule has 2 N–H and O–H groups in total. The lowest BCUT2D eigenvalue weighted by atomic mass is 10.2. The summed E-state index contributed by atoms with van der Waals surface area (Å²) in [5.74, 6) is 0. The predicted octanol–water partition coefficient (Wildman–Crippen LogP) is 2.95. The number of rotatable bonds is 7. The Hall–Kier alpha value is -2.16. The van der Waals surface area contributed by atoms with Crippen molar-refractivity contribution in [1.82, 2.24) is 4.72 Å². The first-order valence-electron chi connectivity index (χ1n) is 7.04. The SMILES string of the molecule is Cc1ccc(S(=O)(=O)NCCNc2ccc(Cl)cc2[N+](=O)[O-])cc1. The van der Waals surface area contributed by atoms with E-state index in [-0.39, 0.29) is 34.4 Å². The van der Waals surface area contributed by atoms with Gasteiger partial charge in [0.25, 0.3) is 5.69 Å². The topological polar surface area (TPSA) is 101 Å². The number of sulfonamides is 1. The van der Waals surface area contributed by atoms with Gasteiger partial charge in [-0.25, -0.2) is 13.1 Å². The molecular formula is C15H16ClN3O4S. The Morgan fingerprint density at radius 3 is 2.42 bits per heavy atom. The van der Waals surface area contributed by atoms with Gasteiger partial charge in [-0.3, -0.25) is 10.1 Å². The Morgan fingerprint density at radius 2 is 1.79 bits per heavy atom. The van der Waals surface area contributed by atoms with E-state index in [9.17, 15) is 18.5 Å². The van der Waals surface area contributed by atoms with Crippen molar-refractivity contribution in [2.45, 2.75) is 11.8 Å². The number of nitrogens with zero attached hydrogens (tertiary/aromatic N) is 1. The molecule has 2 aromatic carbocycles. The van der Waals surface area contributed by atoms with E-state index in [0.29, 0.717) is 0 Å². The van der Waals surface area contributed by atoms with E-state index in [1.165, 1.54) is 30.3 Å². The third kappa shape index (κ3) is 4.67. The van der Waals surface area contributed by atoms with Crippen molar-refractivity contribution >= 4 is 33.0 Å². The van der Waals surface area contributed by atoms with Gasteiger partial charge in [-0.1, -0.05) is 29.3 Å². The number of nitro benzene ring substituents is 1. The van der Waals surface area contributed by atoms with Crippen LogP contribution in [0.15, 0.2) is 47.4 Å². The van der Waals surface area contributed by atoms with Crippen molar-refractivity contribution in [3.05, 3.63) is 63.2 Å². The smallest absolute Gasteiger partial charge is 0.293 e. The highest BCUT2D eigenvalue weighted by atomic mass is 35.5. The highest BCUT2D eigenvalue weighted by Crippen LogP contribution is 2.27. The van der Waals surface area contributed by atoms with Gasteiger partial charge in [0.15, 0.2) is 0 Å². The van der Waals surface area contributed by atoms with E-state index >= 15 is 0 Å². The molecule has 0 saturated carbocycles. The van der Waals surface area contributed by atoms with Crippen molar-refractivity contribution in [3.8, 4) is 0 Å². The van der Waals surface area contributed by atoms with E-state index < -0.39 is 14.9 Å². The number of hydrogen-bond acceptors (Lipinski definition) is 5. The van der Waals surface area contributed by atoms with Crippen LogP contribution in [0.1, 0.15) is 5.56 Å². The second-order valence-corrected chi connectivity index (χ2v) is 7.26. The van der Waals surface area contributed by atoms with Crippen LogP contribution in [0.4, 0.5) is 11.4 Å². The van der Waals surface area contributed by atoms with Gasteiger partial charge < -0.3 is 5.32 Å². The Kier molecular flexibility index (Phi) is 5.76. The molecule has 0 spiro atoms. The summed E-state index contributed by atoms with van der Waals surface area (Å²) in [6, 6.07) is 10.7. The van der Waals surface area contributed by atoms with Crippen LogP contribution in [0, 0.1) is 17.0 Å². The Balaban J connectivity index is 1.96. The lowest BCUT2D eigenvalue weighted by Gasteiger charge is -2.09. The van der Waals surface area contributed by atoms with Gasteiger partial charge in [0.1, 0.15) is 5.69 Å². The van der Waals surface area contributed by atoms with Crippen LogP contribution in [0.5, 0.6) is 0 Å². The number of aryl methyl sites for hydroxylation is 1. The molecule has 0 amide bonds. The maximum absolute atomic E-state index is 12.1. The van der Waals surface area contributed by atoms with Gasteiger partial charge in [-0.2, -0.15) is 0 Å². The van der Waals surface area contributed by atoms with Crippen LogP contribution in [0.25, 0.3) is 0 Å². The van der Waals surface area contributed by atoms with Crippen LogP contribution in [-0.2, 0) is 10.0 Å². The quantitative estimate of drug-likeness (QED) is 0.444. The molecular weight excluding hydrogens is 354 g/mol. The highest BCUT2D eigenvalue weighted by Gasteiger charge is 2.15. The summed E-state index contributed by atoms with van der Waals surface area (Å²) in [7, 11) is -3.61. The maximum Gasteiger partial charge on any atom is 0.293 e. The van der Waals surface area contributed by atoms with Crippen molar-refractivity contribution in [2.24, 2.45) is 0 Å². The molecule has 9 heteroatoms. The normalized spacial score (nSPS) is 11.2. The standard InChI is InChI=1S/C15H16ClN3O4S/c1-11-2-5-13(6-3-11)24(22,23)18-9-8-17-14-7-4-12(16)10-15(14)19(20)21/h2-7,10,17-18H,8-9H2,1H3. The van der Waals surface area contributed by atoms with Gasteiger partial charge in [-0.15, -0.1) is 0 Å². The second kappa shape index (κ2) is 7.61. The largest absolute Gasteiger partial charge is 0.378 e. The molecule has 0 aliphatic rings. The van der Waals surface area contributed by atoms with E-state index in [0.717, 1.165) is 5.56 Å². The number of anilines is 1. The van der Waals surface area contributed by atoms with E-state index in [1.807, 2.05) is 6.92 Å². The highest BCUT2D eigenvalue weighted by molar-refractivity contribution is 7.89. The summed E-state index contributed by atoms with van der Waals surface area (Å²) in [6.07, 6.45) is 0. The molecule has 0 bridgehead atoms. The third-order valence-corrected chi connectivity index (χ3v) is 4.93. The molecule has 0 radical (unpaired) electrons. The summed E-state index contributed by atoms with van der Waals surface area (Å²) in [6.45, 7) is 2.14. The maximum atomic E-state index is 12.1. The number of hydrogen-bond donors (Lipinski definition) is 2. The first-order valence-corrected chi connectivity index (χ1v) is 8.90. The summed E-state index contributed by atoms with van der Waals surface area (Å²) in [5, 5.41) is 14.1. The molecule has 2 rings (SSSR count). The van der Waals surface area contributed by atoms with Crippen LogP contribution in [0.3, 0.4) is 0 Å². The average Bonchev–Trinajstić information content (AvgIpc) is 2.53. The fourth-order valence-electron chi connectivity index (χ4n) is 1.99. The van der Waals surface area contributed by atoms with E-state index in [1.54, 1.807) is 12.1 Å². The van der Waals surface area contributed by atoms with Gasteiger partial charge in [0.05, 0.1) is 9.82 Å². The Morgan fingerprint density at radius 1 is 1.12 bits per heavy atom.